The monoisotopic (exact) mass is 264 g/mol. The molecular formula is C14H20N2O3. The van der Waals surface area contributed by atoms with Crippen LogP contribution in [-0.2, 0) is 4.79 Å². The highest BCUT2D eigenvalue weighted by atomic mass is 16.5. The van der Waals surface area contributed by atoms with Gasteiger partial charge in [-0.15, -0.1) is 0 Å². The Hall–Kier alpha value is -1.59. The van der Waals surface area contributed by atoms with Crippen LogP contribution in [0.5, 0.6) is 5.75 Å². The summed E-state index contributed by atoms with van der Waals surface area (Å²) in [5.41, 5.74) is 1.02. The van der Waals surface area contributed by atoms with Crippen molar-refractivity contribution < 1.29 is 14.6 Å². The zero-order chi connectivity index (χ0) is 13.8. The topological polar surface area (TPSA) is 70.6 Å². The molecule has 3 unspecified atom stereocenters. The molecule has 1 aromatic rings. The molecule has 0 aliphatic carbocycles. The number of β-amino-alcohol motifs (C(OH)–C–C–N with tert-alkyl or cyclic N) is 1. The van der Waals surface area contributed by atoms with Crippen molar-refractivity contribution >= 4 is 5.91 Å². The van der Waals surface area contributed by atoms with Crippen LogP contribution in [0.15, 0.2) is 24.3 Å². The lowest BCUT2D eigenvalue weighted by Gasteiger charge is -2.17. The summed E-state index contributed by atoms with van der Waals surface area (Å²) < 4.78 is 5.10. The van der Waals surface area contributed by atoms with Crippen LogP contribution in [0.3, 0.4) is 0 Å². The molecule has 19 heavy (non-hydrogen) atoms. The van der Waals surface area contributed by atoms with Gasteiger partial charge in [-0.05, 0) is 31.0 Å². The van der Waals surface area contributed by atoms with E-state index in [9.17, 15) is 9.90 Å². The second-order valence-electron chi connectivity index (χ2n) is 4.85. The standard InChI is InChI=1S/C14H20N2O3/c1-9(10-3-5-12(19-2)6-4-10)16-14(18)13-7-11(17)8-15-13/h3-6,9,11,13,15,17H,7-8H2,1-2H3,(H,16,18). The number of rotatable bonds is 4. The zero-order valence-electron chi connectivity index (χ0n) is 11.2. The number of methoxy groups -OCH3 is 1. The molecule has 5 heteroatoms. The molecule has 1 fully saturated rings. The predicted octanol–water partition coefficient (Wildman–Crippen LogP) is 0.595. The maximum Gasteiger partial charge on any atom is 0.237 e. The Morgan fingerprint density at radius 2 is 2.16 bits per heavy atom. The van der Waals surface area contributed by atoms with Crippen molar-refractivity contribution in [2.75, 3.05) is 13.7 Å². The first-order valence-corrected chi connectivity index (χ1v) is 6.46. The molecule has 0 saturated carbocycles. The number of hydrogen-bond donors (Lipinski definition) is 3. The van der Waals surface area contributed by atoms with E-state index in [0.717, 1.165) is 11.3 Å². The molecule has 0 bridgehead atoms. The lowest BCUT2D eigenvalue weighted by atomic mass is 10.1. The molecule has 0 radical (unpaired) electrons. The van der Waals surface area contributed by atoms with E-state index < -0.39 is 6.10 Å². The summed E-state index contributed by atoms with van der Waals surface area (Å²) in [6.45, 7) is 2.42. The van der Waals surface area contributed by atoms with Gasteiger partial charge in [-0.1, -0.05) is 12.1 Å². The van der Waals surface area contributed by atoms with Gasteiger partial charge in [0, 0.05) is 6.54 Å². The molecule has 5 nitrogen and oxygen atoms in total. The molecule has 1 saturated heterocycles. The van der Waals surface area contributed by atoms with Crippen molar-refractivity contribution in [2.24, 2.45) is 0 Å². The smallest absolute Gasteiger partial charge is 0.237 e. The predicted molar refractivity (Wildman–Crippen MR) is 72.0 cm³/mol. The van der Waals surface area contributed by atoms with E-state index >= 15 is 0 Å². The first kappa shape index (κ1) is 13.8. The summed E-state index contributed by atoms with van der Waals surface area (Å²) in [5.74, 6) is 0.725. The van der Waals surface area contributed by atoms with Gasteiger partial charge < -0.3 is 20.5 Å². The first-order chi connectivity index (χ1) is 9.10. The molecular weight excluding hydrogens is 244 g/mol. The van der Waals surface area contributed by atoms with Crippen molar-refractivity contribution in [3.05, 3.63) is 29.8 Å². The number of carbonyl (C=O) groups excluding carboxylic acids is 1. The SMILES string of the molecule is COc1ccc(C(C)NC(=O)C2CC(O)CN2)cc1. The van der Waals surface area contributed by atoms with E-state index in [0.29, 0.717) is 13.0 Å². The van der Waals surface area contributed by atoms with Gasteiger partial charge >= 0.3 is 0 Å². The highest BCUT2D eigenvalue weighted by Gasteiger charge is 2.28. The number of carbonyl (C=O) groups is 1. The van der Waals surface area contributed by atoms with Gasteiger partial charge in [-0.25, -0.2) is 0 Å². The lowest BCUT2D eigenvalue weighted by Crippen LogP contribution is -2.41. The van der Waals surface area contributed by atoms with Crippen LogP contribution in [0.25, 0.3) is 0 Å². The van der Waals surface area contributed by atoms with E-state index in [-0.39, 0.29) is 18.0 Å². The molecule has 2 rings (SSSR count). The molecule has 1 aromatic carbocycles. The average molecular weight is 264 g/mol. The van der Waals surface area contributed by atoms with Gasteiger partial charge in [0.15, 0.2) is 0 Å². The van der Waals surface area contributed by atoms with E-state index in [1.165, 1.54) is 0 Å². The second-order valence-corrected chi connectivity index (χ2v) is 4.85. The normalized spacial score (nSPS) is 23.9. The van der Waals surface area contributed by atoms with Gasteiger partial charge in [0.25, 0.3) is 0 Å². The minimum absolute atomic E-state index is 0.0696. The Morgan fingerprint density at radius 1 is 1.47 bits per heavy atom. The number of hydrogen-bond acceptors (Lipinski definition) is 4. The largest absolute Gasteiger partial charge is 0.497 e. The Kier molecular flexibility index (Phi) is 4.39. The van der Waals surface area contributed by atoms with Gasteiger partial charge in [-0.3, -0.25) is 4.79 Å². The number of amides is 1. The van der Waals surface area contributed by atoms with Crippen LogP contribution < -0.4 is 15.4 Å². The van der Waals surface area contributed by atoms with Crippen LogP contribution >= 0.6 is 0 Å². The van der Waals surface area contributed by atoms with Crippen LogP contribution in [0.4, 0.5) is 0 Å². The fourth-order valence-corrected chi connectivity index (χ4v) is 2.21. The number of benzene rings is 1. The minimum atomic E-state index is -0.424. The molecule has 1 amide bonds. The summed E-state index contributed by atoms with van der Waals surface area (Å²) in [6.07, 6.45) is 0.0493. The molecule has 3 N–H and O–H groups in total. The summed E-state index contributed by atoms with van der Waals surface area (Å²) in [5, 5.41) is 15.3. The summed E-state index contributed by atoms with van der Waals surface area (Å²) >= 11 is 0. The van der Waals surface area contributed by atoms with E-state index in [1.807, 2.05) is 31.2 Å². The van der Waals surface area contributed by atoms with Gasteiger partial charge in [0.05, 0.1) is 25.3 Å². The quantitative estimate of drug-likeness (QED) is 0.744. The molecule has 1 aliphatic heterocycles. The highest BCUT2D eigenvalue weighted by molar-refractivity contribution is 5.82. The molecule has 1 heterocycles. The zero-order valence-corrected chi connectivity index (χ0v) is 11.2. The first-order valence-electron chi connectivity index (χ1n) is 6.46. The highest BCUT2D eigenvalue weighted by Crippen LogP contribution is 2.17. The Morgan fingerprint density at radius 3 is 2.68 bits per heavy atom. The van der Waals surface area contributed by atoms with Crippen LogP contribution in [0, 0.1) is 0 Å². The average Bonchev–Trinajstić information content (AvgIpc) is 2.85. The van der Waals surface area contributed by atoms with E-state index in [4.69, 9.17) is 4.74 Å². The lowest BCUT2D eigenvalue weighted by molar-refractivity contribution is -0.123. The molecule has 1 aliphatic rings. The fraction of sp³-hybridized carbons (Fsp3) is 0.500. The third-order valence-electron chi connectivity index (χ3n) is 3.40. The molecule has 104 valence electrons. The Bertz CT molecular complexity index is 433. The van der Waals surface area contributed by atoms with Crippen LogP contribution in [0.2, 0.25) is 0 Å². The van der Waals surface area contributed by atoms with Gasteiger partial charge in [0.1, 0.15) is 5.75 Å². The Balaban J connectivity index is 1.92. The number of aliphatic hydroxyl groups is 1. The Labute approximate surface area is 113 Å². The molecule has 0 spiro atoms. The van der Waals surface area contributed by atoms with Crippen molar-refractivity contribution in [3.8, 4) is 5.75 Å². The van der Waals surface area contributed by atoms with E-state index in [2.05, 4.69) is 10.6 Å². The van der Waals surface area contributed by atoms with Crippen LogP contribution in [-0.4, -0.2) is 36.8 Å². The number of ether oxygens (including phenoxy) is 1. The van der Waals surface area contributed by atoms with E-state index in [1.54, 1.807) is 7.11 Å². The van der Waals surface area contributed by atoms with Crippen LogP contribution in [0.1, 0.15) is 24.9 Å². The van der Waals surface area contributed by atoms with Gasteiger partial charge in [-0.2, -0.15) is 0 Å². The van der Waals surface area contributed by atoms with Gasteiger partial charge in [0.2, 0.25) is 5.91 Å². The maximum atomic E-state index is 12.0. The van der Waals surface area contributed by atoms with Crippen molar-refractivity contribution in [3.63, 3.8) is 0 Å². The number of nitrogens with one attached hydrogen (secondary N) is 2. The second kappa shape index (κ2) is 6.04. The van der Waals surface area contributed by atoms with Crippen molar-refractivity contribution in [2.45, 2.75) is 31.5 Å². The minimum Gasteiger partial charge on any atom is -0.497 e. The molecule has 0 aromatic heterocycles. The third kappa shape index (κ3) is 3.45. The summed E-state index contributed by atoms with van der Waals surface area (Å²) in [7, 11) is 1.62. The van der Waals surface area contributed by atoms with Crippen molar-refractivity contribution in [1.29, 1.82) is 0 Å². The number of aliphatic hydroxyl groups excluding tert-OH is 1. The molecule has 3 atom stereocenters. The summed E-state index contributed by atoms with van der Waals surface area (Å²) in [4.78, 5) is 12.0. The maximum absolute atomic E-state index is 12.0. The summed E-state index contributed by atoms with van der Waals surface area (Å²) in [6, 6.07) is 7.24. The fourth-order valence-electron chi connectivity index (χ4n) is 2.21. The third-order valence-corrected chi connectivity index (χ3v) is 3.40. The van der Waals surface area contributed by atoms with Crippen molar-refractivity contribution in [1.82, 2.24) is 10.6 Å².